The molecule has 2 atom stereocenters. The fraction of sp³-hybridized carbons (Fsp3) is 0.360. The first-order chi connectivity index (χ1) is 16.0. The summed E-state index contributed by atoms with van der Waals surface area (Å²) in [6.07, 6.45) is 9.07. The second kappa shape index (κ2) is 10.3. The Hall–Kier alpha value is -3.68. The number of hydrogen-bond acceptors (Lipinski definition) is 5. The van der Waals surface area contributed by atoms with Crippen LogP contribution in [0, 0.1) is 6.92 Å². The molecule has 2 amide bonds. The van der Waals surface area contributed by atoms with Gasteiger partial charge in [-0.25, -0.2) is 9.97 Å². The van der Waals surface area contributed by atoms with Gasteiger partial charge in [0.25, 0.3) is 0 Å². The van der Waals surface area contributed by atoms with E-state index in [1.165, 1.54) is 6.08 Å². The first-order valence-corrected chi connectivity index (χ1v) is 11.4. The topological polar surface area (TPSA) is 112 Å². The number of benzene rings is 1. The summed E-state index contributed by atoms with van der Waals surface area (Å²) >= 11 is 0. The predicted molar refractivity (Wildman–Crippen MR) is 130 cm³/mol. The van der Waals surface area contributed by atoms with Crippen LogP contribution in [-0.4, -0.2) is 45.4 Å². The first-order valence-electron chi connectivity index (χ1n) is 11.4. The van der Waals surface area contributed by atoms with Crippen molar-refractivity contribution in [2.24, 2.45) is 0 Å². The molecular formula is C25H30N6O2. The van der Waals surface area contributed by atoms with Gasteiger partial charge >= 0.3 is 0 Å². The maximum Gasteiger partial charge on any atom is 0.243 e. The van der Waals surface area contributed by atoms with E-state index in [1.54, 1.807) is 0 Å². The van der Waals surface area contributed by atoms with Crippen molar-refractivity contribution in [1.82, 2.24) is 25.6 Å². The van der Waals surface area contributed by atoms with Crippen LogP contribution in [0.1, 0.15) is 37.7 Å². The van der Waals surface area contributed by atoms with Gasteiger partial charge < -0.3 is 20.9 Å². The molecule has 0 aliphatic heterocycles. The maximum atomic E-state index is 12.2. The number of carbonyl (C=O) groups is 2. The van der Waals surface area contributed by atoms with E-state index in [1.807, 2.05) is 31.5 Å². The number of amides is 2. The largest absolute Gasteiger partial charge is 0.360 e. The highest BCUT2D eigenvalue weighted by Crippen LogP contribution is 2.30. The number of rotatable bonds is 8. The second-order valence-corrected chi connectivity index (χ2v) is 8.49. The molecule has 8 nitrogen and oxygen atoms in total. The van der Waals surface area contributed by atoms with E-state index >= 15 is 0 Å². The number of carbonyl (C=O) groups excluding carboxylic acids is 2. The molecule has 1 aliphatic rings. The standard InChI is InChI=1S/C25H30N6O2/c1-3-22(32)26-12-11-23(33)29-17-7-6-8-18(13-17)30-25-28-14-16(2)24(31-25)20-15-27-21-10-5-4-9-19(20)21/h3-5,9-10,14-15,17-18,27H,1,6-8,11-13H2,2H3,(H,26,32)(H,29,33)(H,28,30,31). The van der Waals surface area contributed by atoms with Crippen LogP contribution in [0.2, 0.25) is 0 Å². The fourth-order valence-electron chi connectivity index (χ4n) is 4.36. The molecule has 0 radical (unpaired) electrons. The van der Waals surface area contributed by atoms with Crippen LogP contribution in [0.25, 0.3) is 22.2 Å². The molecule has 2 heterocycles. The Morgan fingerprint density at radius 2 is 2.06 bits per heavy atom. The summed E-state index contributed by atoms with van der Waals surface area (Å²) in [5.41, 5.74) is 4.07. The van der Waals surface area contributed by atoms with Crippen molar-refractivity contribution in [2.75, 3.05) is 11.9 Å². The van der Waals surface area contributed by atoms with Gasteiger partial charge in [0, 0.05) is 53.9 Å². The lowest BCUT2D eigenvalue weighted by atomic mass is 9.91. The van der Waals surface area contributed by atoms with Crippen LogP contribution in [0.3, 0.4) is 0 Å². The predicted octanol–water partition coefficient (Wildman–Crippen LogP) is 3.46. The number of nitrogens with one attached hydrogen (secondary N) is 4. The molecule has 4 rings (SSSR count). The molecule has 1 saturated carbocycles. The van der Waals surface area contributed by atoms with Gasteiger partial charge in [-0.05, 0) is 50.3 Å². The Balaban J connectivity index is 1.38. The summed E-state index contributed by atoms with van der Waals surface area (Å²) < 4.78 is 0. The lowest BCUT2D eigenvalue weighted by Gasteiger charge is -2.30. The van der Waals surface area contributed by atoms with Crippen molar-refractivity contribution in [3.63, 3.8) is 0 Å². The maximum absolute atomic E-state index is 12.2. The van der Waals surface area contributed by atoms with Crippen molar-refractivity contribution in [3.05, 3.63) is 54.9 Å². The zero-order chi connectivity index (χ0) is 23.2. The highest BCUT2D eigenvalue weighted by Gasteiger charge is 2.24. The molecule has 1 aliphatic carbocycles. The van der Waals surface area contributed by atoms with Gasteiger partial charge in [0.2, 0.25) is 17.8 Å². The number of para-hydroxylation sites is 1. The number of aryl methyl sites for hydroxylation is 1. The van der Waals surface area contributed by atoms with Crippen LogP contribution in [0.4, 0.5) is 5.95 Å². The van der Waals surface area contributed by atoms with E-state index in [2.05, 4.69) is 44.6 Å². The van der Waals surface area contributed by atoms with E-state index in [-0.39, 0.29) is 30.3 Å². The number of nitrogens with zero attached hydrogens (tertiary/aromatic N) is 2. The third kappa shape index (κ3) is 5.58. The summed E-state index contributed by atoms with van der Waals surface area (Å²) in [6, 6.07) is 8.46. The lowest BCUT2D eigenvalue weighted by molar-refractivity contribution is -0.122. The second-order valence-electron chi connectivity index (χ2n) is 8.49. The van der Waals surface area contributed by atoms with E-state index in [0.717, 1.165) is 53.4 Å². The molecule has 172 valence electrons. The Morgan fingerprint density at radius 1 is 1.24 bits per heavy atom. The minimum absolute atomic E-state index is 0.0572. The highest BCUT2D eigenvalue weighted by atomic mass is 16.2. The van der Waals surface area contributed by atoms with Crippen LogP contribution in [0.15, 0.2) is 49.3 Å². The summed E-state index contributed by atoms with van der Waals surface area (Å²) in [4.78, 5) is 36.1. The summed E-state index contributed by atoms with van der Waals surface area (Å²) in [7, 11) is 0. The monoisotopic (exact) mass is 446 g/mol. The van der Waals surface area contributed by atoms with E-state index in [9.17, 15) is 9.59 Å². The molecule has 1 fully saturated rings. The molecule has 0 saturated heterocycles. The lowest BCUT2D eigenvalue weighted by Crippen LogP contribution is -2.42. The molecule has 4 N–H and O–H groups in total. The number of aromatic amines is 1. The van der Waals surface area contributed by atoms with Gasteiger partial charge in [0.05, 0.1) is 5.69 Å². The minimum atomic E-state index is -0.269. The van der Waals surface area contributed by atoms with Crippen molar-refractivity contribution in [3.8, 4) is 11.3 Å². The Kier molecular flexibility index (Phi) is 7.02. The van der Waals surface area contributed by atoms with Crippen molar-refractivity contribution >= 4 is 28.7 Å². The number of fused-ring (bicyclic) bond motifs is 1. The minimum Gasteiger partial charge on any atom is -0.360 e. The highest BCUT2D eigenvalue weighted by molar-refractivity contribution is 5.95. The quantitative estimate of drug-likeness (QED) is 0.396. The zero-order valence-corrected chi connectivity index (χ0v) is 18.9. The normalized spacial score (nSPS) is 18.0. The number of H-pyrrole nitrogens is 1. The first kappa shape index (κ1) is 22.5. The average molecular weight is 447 g/mol. The van der Waals surface area contributed by atoms with Crippen molar-refractivity contribution in [2.45, 2.75) is 51.1 Å². The van der Waals surface area contributed by atoms with E-state index in [0.29, 0.717) is 12.5 Å². The third-order valence-corrected chi connectivity index (χ3v) is 6.03. The van der Waals surface area contributed by atoms with E-state index in [4.69, 9.17) is 4.98 Å². The van der Waals surface area contributed by atoms with Crippen LogP contribution >= 0.6 is 0 Å². The van der Waals surface area contributed by atoms with Gasteiger partial charge in [0.15, 0.2) is 0 Å². The van der Waals surface area contributed by atoms with Gasteiger partial charge in [-0.3, -0.25) is 9.59 Å². The average Bonchev–Trinajstić information content (AvgIpc) is 3.24. The van der Waals surface area contributed by atoms with Crippen LogP contribution < -0.4 is 16.0 Å². The van der Waals surface area contributed by atoms with Crippen molar-refractivity contribution < 1.29 is 9.59 Å². The number of hydrogen-bond donors (Lipinski definition) is 4. The van der Waals surface area contributed by atoms with Gasteiger partial charge in [0.1, 0.15) is 0 Å². The summed E-state index contributed by atoms with van der Waals surface area (Å²) in [6.45, 7) is 5.72. The molecule has 8 heteroatoms. The van der Waals surface area contributed by atoms with Crippen molar-refractivity contribution in [1.29, 1.82) is 0 Å². The SMILES string of the molecule is C=CC(=O)NCCC(=O)NC1CCCC(Nc2ncc(C)c(-c3c[nH]c4ccccc34)n2)C1. The fourth-order valence-corrected chi connectivity index (χ4v) is 4.36. The molecule has 33 heavy (non-hydrogen) atoms. The molecule has 0 bridgehead atoms. The Labute approximate surface area is 193 Å². The molecule has 2 unspecified atom stereocenters. The van der Waals surface area contributed by atoms with E-state index < -0.39 is 0 Å². The molecular weight excluding hydrogens is 416 g/mol. The third-order valence-electron chi connectivity index (χ3n) is 6.03. The van der Waals surface area contributed by atoms with Gasteiger partial charge in [-0.1, -0.05) is 24.8 Å². The molecule has 2 aromatic heterocycles. The molecule has 0 spiro atoms. The zero-order valence-electron chi connectivity index (χ0n) is 18.9. The number of aromatic nitrogens is 3. The molecule has 3 aromatic rings. The van der Waals surface area contributed by atoms with Crippen LogP contribution in [0.5, 0.6) is 0 Å². The number of anilines is 1. The Morgan fingerprint density at radius 3 is 2.91 bits per heavy atom. The smallest absolute Gasteiger partial charge is 0.243 e. The summed E-state index contributed by atoms with van der Waals surface area (Å²) in [5.74, 6) is 0.276. The Bertz CT molecular complexity index is 1150. The van der Waals surface area contributed by atoms with Gasteiger partial charge in [-0.2, -0.15) is 0 Å². The van der Waals surface area contributed by atoms with Gasteiger partial charge in [-0.15, -0.1) is 0 Å². The summed E-state index contributed by atoms with van der Waals surface area (Å²) in [5, 5.41) is 10.3. The van der Waals surface area contributed by atoms with Crippen LogP contribution in [-0.2, 0) is 9.59 Å². The molecule has 1 aromatic carbocycles.